The Kier molecular flexibility index (Phi) is 4.29. The monoisotopic (exact) mass is 227 g/mol. The van der Waals surface area contributed by atoms with E-state index in [1.54, 1.807) is 11.3 Å². The van der Waals surface area contributed by atoms with Crippen LogP contribution in [-0.2, 0) is 14.9 Å². The molecular formula is C11H17NO2S. The Hall–Kier alpha value is -0.870. The lowest BCUT2D eigenvalue weighted by Gasteiger charge is -2.24. The third kappa shape index (κ3) is 3.64. The van der Waals surface area contributed by atoms with Gasteiger partial charge in [-0.15, -0.1) is 0 Å². The topological polar surface area (TPSA) is 38.3 Å². The summed E-state index contributed by atoms with van der Waals surface area (Å²) >= 11 is 1.67. The number of amides is 1. The Morgan fingerprint density at radius 3 is 2.87 bits per heavy atom. The van der Waals surface area contributed by atoms with Crippen LogP contribution in [-0.4, -0.2) is 26.2 Å². The van der Waals surface area contributed by atoms with Crippen molar-refractivity contribution in [2.45, 2.75) is 19.3 Å². The van der Waals surface area contributed by atoms with Gasteiger partial charge in [0, 0.05) is 19.1 Å². The number of methoxy groups -OCH3 is 1. The molecule has 0 aliphatic heterocycles. The zero-order valence-corrected chi connectivity index (χ0v) is 10.2. The van der Waals surface area contributed by atoms with Gasteiger partial charge in [0.15, 0.2) is 0 Å². The van der Waals surface area contributed by atoms with Gasteiger partial charge in [-0.3, -0.25) is 4.79 Å². The molecule has 0 aliphatic carbocycles. The molecule has 1 rings (SSSR count). The van der Waals surface area contributed by atoms with Crippen molar-refractivity contribution in [1.82, 2.24) is 5.32 Å². The van der Waals surface area contributed by atoms with Gasteiger partial charge in [-0.05, 0) is 22.4 Å². The maximum atomic E-state index is 11.2. The summed E-state index contributed by atoms with van der Waals surface area (Å²) in [6, 6.07) is 2.09. The molecule has 0 atom stereocenters. The van der Waals surface area contributed by atoms with Crippen LogP contribution in [0.5, 0.6) is 0 Å². The standard InChI is InChI=1S/C11H17NO2S/c1-11(2,9-4-5-15-7-9)8-12-10(13)6-14-3/h4-5,7H,6,8H2,1-3H3,(H,12,13). The van der Waals surface area contributed by atoms with Crippen LogP contribution in [0.25, 0.3) is 0 Å². The predicted molar refractivity (Wildman–Crippen MR) is 62.2 cm³/mol. The van der Waals surface area contributed by atoms with Crippen LogP contribution in [0.15, 0.2) is 16.8 Å². The first-order valence-corrected chi connectivity index (χ1v) is 5.79. The average Bonchev–Trinajstić information content (AvgIpc) is 2.69. The Morgan fingerprint density at radius 2 is 2.33 bits per heavy atom. The van der Waals surface area contributed by atoms with Gasteiger partial charge in [0.1, 0.15) is 6.61 Å². The molecule has 1 heterocycles. The van der Waals surface area contributed by atoms with Crippen molar-refractivity contribution in [3.05, 3.63) is 22.4 Å². The van der Waals surface area contributed by atoms with E-state index in [1.165, 1.54) is 12.7 Å². The minimum Gasteiger partial charge on any atom is -0.375 e. The van der Waals surface area contributed by atoms with E-state index in [0.29, 0.717) is 6.54 Å². The summed E-state index contributed by atoms with van der Waals surface area (Å²) in [4.78, 5) is 11.2. The number of nitrogens with one attached hydrogen (secondary N) is 1. The van der Waals surface area contributed by atoms with Gasteiger partial charge < -0.3 is 10.1 Å². The van der Waals surface area contributed by atoms with Gasteiger partial charge in [-0.25, -0.2) is 0 Å². The van der Waals surface area contributed by atoms with Crippen LogP contribution in [0.1, 0.15) is 19.4 Å². The Bertz CT molecular complexity index is 306. The minimum atomic E-state index is -0.0687. The van der Waals surface area contributed by atoms with Crippen molar-refractivity contribution >= 4 is 17.2 Å². The van der Waals surface area contributed by atoms with Crippen molar-refractivity contribution in [3.8, 4) is 0 Å². The number of hydrogen-bond acceptors (Lipinski definition) is 3. The van der Waals surface area contributed by atoms with Gasteiger partial charge in [0.05, 0.1) is 0 Å². The van der Waals surface area contributed by atoms with Crippen LogP contribution >= 0.6 is 11.3 Å². The summed E-state index contributed by atoms with van der Waals surface area (Å²) in [7, 11) is 1.52. The zero-order valence-electron chi connectivity index (χ0n) is 9.37. The van der Waals surface area contributed by atoms with Gasteiger partial charge >= 0.3 is 0 Å². The van der Waals surface area contributed by atoms with E-state index in [-0.39, 0.29) is 17.9 Å². The molecule has 3 nitrogen and oxygen atoms in total. The third-order valence-electron chi connectivity index (χ3n) is 2.31. The third-order valence-corrected chi connectivity index (χ3v) is 2.99. The second kappa shape index (κ2) is 5.28. The fourth-order valence-electron chi connectivity index (χ4n) is 1.25. The SMILES string of the molecule is COCC(=O)NCC(C)(C)c1ccsc1. The fourth-order valence-corrected chi connectivity index (χ4v) is 2.10. The Morgan fingerprint density at radius 1 is 1.60 bits per heavy atom. The molecule has 0 radical (unpaired) electrons. The molecule has 0 unspecified atom stereocenters. The summed E-state index contributed by atoms with van der Waals surface area (Å²) in [6.07, 6.45) is 0. The quantitative estimate of drug-likeness (QED) is 0.833. The molecular weight excluding hydrogens is 210 g/mol. The highest BCUT2D eigenvalue weighted by atomic mass is 32.1. The molecule has 0 bridgehead atoms. The van der Waals surface area contributed by atoms with Crippen molar-refractivity contribution in [3.63, 3.8) is 0 Å². The van der Waals surface area contributed by atoms with E-state index in [4.69, 9.17) is 4.74 Å². The van der Waals surface area contributed by atoms with Gasteiger partial charge in [-0.2, -0.15) is 11.3 Å². The second-order valence-electron chi connectivity index (χ2n) is 4.11. The Labute approximate surface area is 94.5 Å². The molecule has 15 heavy (non-hydrogen) atoms. The second-order valence-corrected chi connectivity index (χ2v) is 4.89. The maximum absolute atomic E-state index is 11.2. The molecule has 84 valence electrons. The summed E-state index contributed by atoms with van der Waals surface area (Å²) < 4.78 is 4.75. The van der Waals surface area contributed by atoms with Crippen molar-refractivity contribution in [2.75, 3.05) is 20.3 Å². The fraction of sp³-hybridized carbons (Fsp3) is 0.545. The van der Waals surface area contributed by atoms with Crippen LogP contribution in [0.2, 0.25) is 0 Å². The lowest BCUT2D eigenvalue weighted by atomic mass is 9.86. The van der Waals surface area contributed by atoms with Gasteiger partial charge in [-0.1, -0.05) is 13.8 Å². The molecule has 0 fully saturated rings. The summed E-state index contributed by atoms with van der Waals surface area (Å²) in [5.41, 5.74) is 1.23. The van der Waals surface area contributed by atoms with Crippen LogP contribution < -0.4 is 5.32 Å². The molecule has 0 aromatic carbocycles. The normalized spacial score (nSPS) is 11.4. The summed E-state index contributed by atoms with van der Waals surface area (Å²) in [6.45, 7) is 4.98. The van der Waals surface area contributed by atoms with E-state index in [0.717, 1.165) is 0 Å². The molecule has 1 aromatic heterocycles. The highest BCUT2D eigenvalue weighted by Gasteiger charge is 2.21. The van der Waals surface area contributed by atoms with Crippen molar-refractivity contribution < 1.29 is 9.53 Å². The van der Waals surface area contributed by atoms with Crippen molar-refractivity contribution in [2.24, 2.45) is 0 Å². The molecule has 0 aliphatic rings. The predicted octanol–water partition coefficient (Wildman–Crippen LogP) is 1.79. The molecule has 0 saturated carbocycles. The smallest absolute Gasteiger partial charge is 0.246 e. The lowest BCUT2D eigenvalue weighted by molar-refractivity contribution is -0.124. The highest BCUT2D eigenvalue weighted by Crippen LogP contribution is 2.24. The molecule has 1 aromatic rings. The van der Waals surface area contributed by atoms with E-state index >= 15 is 0 Å². The maximum Gasteiger partial charge on any atom is 0.246 e. The van der Waals surface area contributed by atoms with Crippen LogP contribution in [0.4, 0.5) is 0 Å². The summed E-state index contributed by atoms with van der Waals surface area (Å²) in [5.74, 6) is -0.0687. The molecule has 4 heteroatoms. The summed E-state index contributed by atoms with van der Waals surface area (Å²) in [5, 5.41) is 7.02. The first-order valence-electron chi connectivity index (χ1n) is 4.84. The Balaban J connectivity index is 2.47. The van der Waals surface area contributed by atoms with Crippen LogP contribution in [0, 0.1) is 0 Å². The lowest BCUT2D eigenvalue weighted by Crippen LogP contribution is -2.38. The molecule has 0 saturated heterocycles. The van der Waals surface area contributed by atoms with E-state index in [1.807, 2.05) is 5.38 Å². The molecule has 1 N–H and O–H groups in total. The van der Waals surface area contributed by atoms with Crippen LogP contribution in [0.3, 0.4) is 0 Å². The molecule has 0 spiro atoms. The average molecular weight is 227 g/mol. The molecule has 1 amide bonds. The number of carbonyl (C=O) groups excluding carboxylic acids is 1. The van der Waals surface area contributed by atoms with E-state index in [9.17, 15) is 4.79 Å². The van der Waals surface area contributed by atoms with Gasteiger partial charge in [0.2, 0.25) is 5.91 Å². The number of ether oxygens (including phenoxy) is 1. The number of carbonyl (C=O) groups is 1. The largest absolute Gasteiger partial charge is 0.375 e. The first-order chi connectivity index (χ1) is 7.06. The highest BCUT2D eigenvalue weighted by molar-refractivity contribution is 7.08. The van der Waals surface area contributed by atoms with E-state index < -0.39 is 0 Å². The minimum absolute atomic E-state index is 0.0244. The number of thiophene rings is 1. The van der Waals surface area contributed by atoms with E-state index in [2.05, 4.69) is 30.6 Å². The zero-order chi connectivity index (χ0) is 11.3. The van der Waals surface area contributed by atoms with Gasteiger partial charge in [0.25, 0.3) is 0 Å². The van der Waals surface area contributed by atoms with Crippen molar-refractivity contribution in [1.29, 1.82) is 0 Å². The first kappa shape index (κ1) is 12.2. The number of rotatable bonds is 5. The number of hydrogen-bond donors (Lipinski definition) is 1.